The molecular formula is C16H20N2O. The summed E-state index contributed by atoms with van der Waals surface area (Å²) in [4.78, 5) is 14.4. The number of amides is 1. The van der Waals surface area contributed by atoms with E-state index in [1.54, 1.807) is 4.90 Å². The van der Waals surface area contributed by atoms with Crippen LogP contribution in [0.1, 0.15) is 49.5 Å². The number of nitrogens with zero attached hydrogens (tertiary/aromatic N) is 2. The first-order valence-electron chi connectivity index (χ1n) is 6.75. The Kier molecular flexibility index (Phi) is 3.61. The molecule has 3 nitrogen and oxygen atoms in total. The van der Waals surface area contributed by atoms with Crippen LogP contribution >= 0.6 is 0 Å². The van der Waals surface area contributed by atoms with Gasteiger partial charge in [0.05, 0.1) is 6.07 Å². The summed E-state index contributed by atoms with van der Waals surface area (Å²) in [5.41, 5.74) is 1.70. The van der Waals surface area contributed by atoms with E-state index in [0.717, 1.165) is 24.0 Å². The molecule has 0 radical (unpaired) electrons. The van der Waals surface area contributed by atoms with E-state index in [0.29, 0.717) is 6.54 Å². The fourth-order valence-electron chi connectivity index (χ4n) is 2.62. The lowest BCUT2D eigenvalue weighted by molar-refractivity contribution is 0.0762. The highest BCUT2D eigenvalue weighted by Crippen LogP contribution is 2.28. The van der Waals surface area contributed by atoms with Crippen LogP contribution in [-0.2, 0) is 5.41 Å². The summed E-state index contributed by atoms with van der Waals surface area (Å²) in [5, 5.41) is 9.12. The lowest BCUT2D eigenvalue weighted by Crippen LogP contribution is -2.36. The number of carbonyl (C=O) groups excluding carboxylic acids is 1. The highest BCUT2D eigenvalue weighted by atomic mass is 16.2. The van der Waals surface area contributed by atoms with Gasteiger partial charge in [-0.15, -0.1) is 0 Å². The fourth-order valence-corrected chi connectivity index (χ4v) is 2.62. The van der Waals surface area contributed by atoms with Crippen LogP contribution in [-0.4, -0.2) is 23.4 Å². The van der Waals surface area contributed by atoms with Gasteiger partial charge in [-0.2, -0.15) is 5.26 Å². The maximum atomic E-state index is 12.7. The normalized spacial score (nSPS) is 19.3. The summed E-state index contributed by atoms with van der Waals surface area (Å²) in [6.45, 7) is 7.00. The highest BCUT2D eigenvalue weighted by Gasteiger charge is 2.31. The Bertz CT molecular complexity index is 522. The number of likely N-dealkylation sites (tertiary alicyclic amines) is 1. The van der Waals surface area contributed by atoms with Crippen LogP contribution in [0.3, 0.4) is 0 Å². The molecule has 19 heavy (non-hydrogen) atoms. The van der Waals surface area contributed by atoms with Gasteiger partial charge in [0, 0.05) is 12.1 Å². The molecule has 0 N–H and O–H groups in total. The van der Waals surface area contributed by atoms with Gasteiger partial charge in [0.1, 0.15) is 6.04 Å². The second kappa shape index (κ2) is 5.05. The van der Waals surface area contributed by atoms with Gasteiger partial charge in [0.2, 0.25) is 0 Å². The smallest absolute Gasteiger partial charge is 0.255 e. The van der Waals surface area contributed by atoms with Crippen LogP contribution in [0.4, 0.5) is 0 Å². The minimum Gasteiger partial charge on any atom is -0.323 e. The minimum atomic E-state index is -0.263. The SMILES string of the molecule is CC(C)(C)c1ccccc1C(=O)N1CCCC1C#N. The van der Waals surface area contributed by atoms with E-state index in [-0.39, 0.29) is 17.4 Å². The maximum absolute atomic E-state index is 12.7. The third-order valence-electron chi connectivity index (χ3n) is 3.63. The Labute approximate surface area is 114 Å². The quantitative estimate of drug-likeness (QED) is 0.775. The Balaban J connectivity index is 2.38. The van der Waals surface area contributed by atoms with Crippen molar-refractivity contribution in [2.75, 3.05) is 6.54 Å². The predicted molar refractivity (Wildman–Crippen MR) is 74.8 cm³/mol. The van der Waals surface area contributed by atoms with Crippen LogP contribution in [0.25, 0.3) is 0 Å². The average Bonchev–Trinajstić information content (AvgIpc) is 2.85. The zero-order valence-corrected chi connectivity index (χ0v) is 11.8. The molecule has 1 atom stereocenters. The van der Waals surface area contributed by atoms with Crippen LogP contribution in [0.2, 0.25) is 0 Å². The van der Waals surface area contributed by atoms with Crippen molar-refractivity contribution in [2.45, 2.75) is 45.1 Å². The van der Waals surface area contributed by atoms with E-state index in [4.69, 9.17) is 5.26 Å². The Morgan fingerprint density at radius 1 is 1.37 bits per heavy atom. The molecule has 1 heterocycles. The van der Waals surface area contributed by atoms with Gasteiger partial charge in [-0.3, -0.25) is 4.79 Å². The first-order chi connectivity index (χ1) is 8.95. The van der Waals surface area contributed by atoms with Gasteiger partial charge in [-0.05, 0) is 29.9 Å². The second-order valence-electron chi connectivity index (χ2n) is 6.08. The van der Waals surface area contributed by atoms with Gasteiger partial charge in [-0.1, -0.05) is 39.0 Å². The van der Waals surface area contributed by atoms with Crippen molar-refractivity contribution in [3.8, 4) is 6.07 Å². The molecule has 1 amide bonds. The van der Waals surface area contributed by atoms with E-state index in [1.165, 1.54) is 0 Å². The number of hydrogen-bond donors (Lipinski definition) is 0. The van der Waals surface area contributed by atoms with E-state index >= 15 is 0 Å². The maximum Gasteiger partial charge on any atom is 0.255 e. The molecule has 1 aliphatic rings. The van der Waals surface area contributed by atoms with Crippen molar-refractivity contribution in [1.82, 2.24) is 4.90 Å². The summed E-state index contributed by atoms with van der Waals surface area (Å²) in [7, 11) is 0. The van der Waals surface area contributed by atoms with Gasteiger partial charge in [0.25, 0.3) is 5.91 Å². The van der Waals surface area contributed by atoms with E-state index < -0.39 is 0 Å². The number of nitriles is 1. The molecule has 1 aliphatic heterocycles. The third-order valence-corrected chi connectivity index (χ3v) is 3.63. The molecule has 1 saturated heterocycles. The molecule has 1 unspecified atom stereocenters. The van der Waals surface area contributed by atoms with Crippen molar-refractivity contribution in [3.63, 3.8) is 0 Å². The summed E-state index contributed by atoms with van der Waals surface area (Å²) in [6.07, 6.45) is 1.71. The van der Waals surface area contributed by atoms with Crippen molar-refractivity contribution >= 4 is 5.91 Å². The van der Waals surface area contributed by atoms with Crippen LogP contribution < -0.4 is 0 Å². The summed E-state index contributed by atoms with van der Waals surface area (Å²) >= 11 is 0. The van der Waals surface area contributed by atoms with E-state index in [2.05, 4.69) is 26.8 Å². The number of benzene rings is 1. The standard InChI is InChI=1S/C16H20N2O/c1-16(2,3)14-9-5-4-8-13(14)15(19)18-10-6-7-12(18)11-17/h4-5,8-9,12H,6-7,10H2,1-3H3. The second-order valence-corrected chi connectivity index (χ2v) is 6.08. The molecule has 0 bridgehead atoms. The molecule has 0 spiro atoms. The lowest BCUT2D eigenvalue weighted by Gasteiger charge is -2.26. The molecule has 100 valence electrons. The molecule has 0 aromatic heterocycles. The first kappa shape index (κ1) is 13.6. The molecule has 3 heteroatoms. The average molecular weight is 256 g/mol. The monoisotopic (exact) mass is 256 g/mol. The van der Waals surface area contributed by atoms with Crippen molar-refractivity contribution in [2.24, 2.45) is 0 Å². The molecule has 2 rings (SSSR count). The molecule has 1 fully saturated rings. The molecule has 0 aliphatic carbocycles. The number of carbonyl (C=O) groups is 1. The number of hydrogen-bond acceptors (Lipinski definition) is 2. The zero-order chi connectivity index (χ0) is 14.0. The van der Waals surface area contributed by atoms with E-state index in [1.807, 2.05) is 24.3 Å². The summed E-state index contributed by atoms with van der Waals surface area (Å²) in [5.74, 6) is -0.00502. The van der Waals surface area contributed by atoms with E-state index in [9.17, 15) is 4.79 Å². The van der Waals surface area contributed by atoms with Crippen molar-refractivity contribution in [1.29, 1.82) is 5.26 Å². The number of rotatable bonds is 1. The molecular weight excluding hydrogens is 236 g/mol. The van der Waals surface area contributed by atoms with Gasteiger partial charge in [0.15, 0.2) is 0 Å². The highest BCUT2D eigenvalue weighted by molar-refractivity contribution is 5.96. The molecule has 0 saturated carbocycles. The topological polar surface area (TPSA) is 44.1 Å². The van der Waals surface area contributed by atoms with Crippen LogP contribution in [0.15, 0.2) is 24.3 Å². The third kappa shape index (κ3) is 2.63. The van der Waals surface area contributed by atoms with Crippen LogP contribution in [0, 0.1) is 11.3 Å². The Morgan fingerprint density at radius 3 is 2.68 bits per heavy atom. The fraction of sp³-hybridized carbons (Fsp3) is 0.500. The first-order valence-corrected chi connectivity index (χ1v) is 6.75. The largest absolute Gasteiger partial charge is 0.323 e. The van der Waals surface area contributed by atoms with Crippen molar-refractivity contribution in [3.05, 3.63) is 35.4 Å². The predicted octanol–water partition coefficient (Wildman–Crippen LogP) is 3.11. The zero-order valence-electron chi connectivity index (χ0n) is 11.8. The molecule has 1 aromatic rings. The molecule has 1 aromatic carbocycles. The van der Waals surface area contributed by atoms with Gasteiger partial charge >= 0.3 is 0 Å². The van der Waals surface area contributed by atoms with Crippen molar-refractivity contribution < 1.29 is 4.79 Å². The Hall–Kier alpha value is -1.82. The lowest BCUT2D eigenvalue weighted by atomic mass is 9.83. The summed E-state index contributed by atoms with van der Waals surface area (Å²) < 4.78 is 0. The van der Waals surface area contributed by atoms with Crippen LogP contribution in [0.5, 0.6) is 0 Å². The summed E-state index contributed by atoms with van der Waals surface area (Å²) in [6, 6.07) is 9.69. The van der Waals surface area contributed by atoms with Gasteiger partial charge < -0.3 is 4.90 Å². The minimum absolute atomic E-state index is 0.00502. The Morgan fingerprint density at radius 2 is 2.05 bits per heavy atom. The van der Waals surface area contributed by atoms with Gasteiger partial charge in [-0.25, -0.2) is 0 Å².